The molecule has 0 bridgehead atoms. The van der Waals surface area contributed by atoms with Gasteiger partial charge >= 0.3 is 0 Å². The van der Waals surface area contributed by atoms with Crippen molar-refractivity contribution in [2.45, 2.75) is 37.9 Å². The fraction of sp³-hybridized carbons (Fsp3) is 0.231. The zero-order valence-corrected chi connectivity index (χ0v) is 16.6. The van der Waals surface area contributed by atoms with Crippen molar-refractivity contribution < 1.29 is 10.2 Å². The monoisotopic (exact) mass is 370 g/mol. The van der Waals surface area contributed by atoms with Crippen LogP contribution in [0.15, 0.2) is 84.9 Å². The quantitative estimate of drug-likeness (QED) is 0.640. The lowest BCUT2D eigenvalue weighted by molar-refractivity contribution is 0.144. The van der Waals surface area contributed by atoms with Crippen LogP contribution in [0, 0.1) is 11.8 Å². The van der Waals surface area contributed by atoms with Crippen LogP contribution in [-0.4, -0.2) is 10.2 Å². The van der Waals surface area contributed by atoms with Crippen LogP contribution >= 0.6 is 0 Å². The number of rotatable bonds is 3. The van der Waals surface area contributed by atoms with Crippen LogP contribution in [0.1, 0.15) is 49.1 Å². The molecule has 3 aromatic carbocycles. The lowest BCUT2D eigenvalue weighted by Gasteiger charge is -2.24. The highest BCUT2D eigenvalue weighted by Crippen LogP contribution is 2.29. The summed E-state index contributed by atoms with van der Waals surface area (Å²) in [5, 5.41) is 22.0. The average molecular weight is 370 g/mol. The van der Waals surface area contributed by atoms with Gasteiger partial charge in [0.2, 0.25) is 0 Å². The lowest BCUT2D eigenvalue weighted by Crippen LogP contribution is -2.25. The molecule has 0 fully saturated rings. The van der Waals surface area contributed by atoms with Crippen LogP contribution in [0.3, 0.4) is 0 Å². The van der Waals surface area contributed by atoms with E-state index >= 15 is 0 Å². The topological polar surface area (TPSA) is 40.5 Å². The molecule has 142 valence electrons. The lowest BCUT2D eigenvalue weighted by atomic mass is 9.85. The highest BCUT2D eigenvalue weighted by atomic mass is 16.3. The highest BCUT2D eigenvalue weighted by molar-refractivity contribution is 5.45. The Morgan fingerprint density at radius 2 is 1.14 bits per heavy atom. The fourth-order valence-electron chi connectivity index (χ4n) is 3.09. The second kappa shape index (κ2) is 8.02. The molecule has 1 atom stereocenters. The molecule has 0 saturated heterocycles. The predicted octanol–water partition coefficient (Wildman–Crippen LogP) is 4.96. The van der Waals surface area contributed by atoms with E-state index in [2.05, 4.69) is 32.6 Å². The zero-order chi connectivity index (χ0) is 20.2. The molecule has 0 spiro atoms. The molecule has 1 unspecified atom stereocenters. The molecule has 0 amide bonds. The van der Waals surface area contributed by atoms with E-state index in [9.17, 15) is 10.2 Å². The molecule has 0 aliphatic carbocycles. The summed E-state index contributed by atoms with van der Waals surface area (Å²) in [5.41, 5.74) is 1.81. The van der Waals surface area contributed by atoms with Crippen LogP contribution < -0.4 is 0 Å². The van der Waals surface area contributed by atoms with Crippen LogP contribution in [0.25, 0.3) is 0 Å². The van der Waals surface area contributed by atoms with Gasteiger partial charge in [-0.3, -0.25) is 0 Å². The molecular formula is C26H26O2. The van der Waals surface area contributed by atoms with Crippen LogP contribution in [-0.2, 0) is 11.0 Å². The van der Waals surface area contributed by atoms with Crippen molar-refractivity contribution in [1.29, 1.82) is 0 Å². The van der Waals surface area contributed by atoms with Crippen molar-refractivity contribution >= 4 is 0 Å². The van der Waals surface area contributed by atoms with E-state index in [1.807, 2.05) is 84.9 Å². The molecule has 0 radical (unpaired) electrons. The molecule has 0 aliphatic heterocycles. The second-order valence-electron chi connectivity index (χ2n) is 7.99. The van der Waals surface area contributed by atoms with Gasteiger partial charge in [-0.15, -0.1) is 0 Å². The van der Waals surface area contributed by atoms with E-state index in [4.69, 9.17) is 0 Å². The first kappa shape index (κ1) is 19.9. The SMILES string of the molecule is CC(C)(C)c1ccc(C(O)C#CC(O)(c2ccccc2)c2ccccc2)cc1. The standard InChI is InChI=1S/C26H26O2/c1-25(2,3)21-16-14-20(15-17-21)24(27)18-19-26(28,22-10-6-4-7-11-22)23-12-8-5-9-13-23/h4-17,24,27-28H,1-3H3. The largest absolute Gasteiger partial charge is 0.376 e. The average Bonchev–Trinajstić information content (AvgIpc) is 2.72. The number of hydrogen-bond acceptors (Lipinski definition) is 2. The summed E-state index contributed by atoms with van der Waals surface area (Å²) < 4.78 is 0. The third kappa shape index (κ3) is 4.34. The van der Waals surface area contributed by atoms with E-state index < -0.39 is 11.7 Å². The van der Waals surface area contributed by atoms with Crippen molar-refractivity contribution in [1.82, 2.24) is 0 Å². The Morgan fingerprint density at radius 1 is 0.679 bits per heavy atom. The summed E-state index contributed by atoms with van der Waals surface area (Å²) in [4.78, 5) is 0. The van der Waals surface area contributed by atoms with Crippen LogP contribution in [0.5, 0.6) is 0 Å². The van der Waals surface area contributed by atoms with Crippen LogP contribution in [0.2, 0.25) is 0 Å². The number of aliphatic hydroxyl groups is 2. The third-order valence-electron chi connectivity index (χ3n) is 4.87. The Bertz CT molecular complexity index is 917. The van der Waals surface area contributed by atoms with Gasteiger partial charge in [0.05, 0.1) is 0 Å². The summed E-state index contributed by atoms with van der Waals surface area (Å²) in [7, 11) is 0. The third-order valence-corrected chi connectivity index (χ3v) is 4.87. The normalized spacial score (nSPS) is 12.8. The zero-order valence-electron chi connectivity index (χ0n) is 16.6. The van der Waals surface area contributed by atoms with E-state index in [0.29, 0.717) is 16.7 Å². The first-order chi connectivity index (χ1) is 13.3. The molecule has 0 aromatic heterocycles. The van der Waals surface area contributed by atoms with Gasteiger partial charge in [-0.05, 0) is 16.5 Å². The maximum absolute atomic E-state index is 11.4. The molecule has 0 aliphatic rings. The highest BCUT2D eigenvalue weighted by Gasteiger charge is 2.29. The Balaban J connectivity index is 1.96. The maximum Gasteiger partial charge on any atom is 0.176 e. The van der Waals surface area contributed by atoms with Gasteiger partial charge in [0, 0.05) is 11.1 Å². The van der Waals surface area contributed by atoms with E-state index in [-0.39, 0.29) is 5.41 Å². The van der Waals surface area contributed by atoms with Crippen molar-refractivity contribution in [2.75, 3.05) is 0 Å². The Morgan fingerprint density at radius 3 is 1.57 bits per heavy atom. The fourth-order valence-corrected chi connectivity index (χ4v) is 3.09. The minimum atomic E-state index is -1.49. The smallest absolute Gasteiger partial charge is 0.176 e. The summed E-state index contributed by atoms with van der Waals surface area (Å²) in [6.45, 7) is 6.45. The van der Waals surface area contributed by atoms with Crippen molar-refractivity contribution in [3.63, 3.8) is 0 Å². The van der Waals surface area contributed by atoms with Gasteiger partial charge in [-0.1, -0.05) is 118 Å². The molecule has 0 heterocycles. The first-order valence-corrected chi connectivity index (χ1v) is 9.45. The summed E-state index contributed by atoms with van der Waals surface area (Å²) in [6, 6.07) is 26.4. The maximum atomic E-state index is 11.4. The van der Waals surface area contributed by atoms with Gasteiger partial charge in [0.15, 0.2) is 5.60 Å². The molecular weight excluding hydrogens is 344 g/mol. The Hall–Kier alpha value is -2.86. The molecule has 3 rings (SSSR count). The van der Waals surface area contributed by atoms with Crippen LogP contribution in [0.4, 0.5) is 0 Å². The first-order valence-electron chi connectivity index (χ1n) is 9.45. The molecule has 2 N–H and O–H groups in total. The van der Waals surface area contributed by atoms with Gasteiger partial charge in [0.1, 0.15) is 6.10 Å². The minimum absolute atomic E-state index is 0.0516. The van der Waals surface area contributed by atoms with Gasteiger partial charge in [0.25, 0.3) is 0 Å². The van der Waals surface area contributed by atoms with Crippen molar-refractivity contribution in [2.24, 2.45) is 0 Å². The summed E-state index contributed by atoms with van der Waals surface area (Å²) >= 11 is 0. The van der Waals surface area contributed by atoms with Crippen molar-refractivity contribution in [3.05, 3.63) is 107 Å². The summed E-state index contributed by atoms with van der Waals surface area (Å²) in [6.07, 6.45) is -0.979. The molecule has 0 saturated carbocycles. The van der Waals surface area contributed by atoms with E-state index in [0.717, 1.165) is 0 Å². The van der Waals surface area contributed by atoms with Crippen molar-refractivity contribution in [3.8, 4) is 11.8 Å². The number of benzene rings is 3. The van der Waals surface area contributed by atoms with E-state index in [1.165, 1.54) is 5.56 Å². The molecule has 2 nitrogen and oxygen atoms in total. The number of aliphatic hydroxyl groups excluding tert-OH is 1. The predicted molar refractivity (Wildman–Crippen MR) is 114 cm³/mol. The number of hydrogen-bond donors (Lipinski definition) is 2. The van der Waals surface area contributed by atoms with E-state index in [1.54, 1.807) is 0 Å². The summed E-state index contributed by atoms with van der Waals surface area (Å²) in [5.74, 6) is 5.78. The van der Waals surface area contributed by atoms with Gasteiger partial charge in [-0.25, -0.2) is 0 Å². The Labute approximate surface area is 167 Å². The minimum Gasteiger partial charge on any atom is -0.376 e. The second-order valence-corrected chi connectivity index (χ2v) is 7.99. The van der Waals surface area contributed by atoms with Gasteiger partial charge in [-0.2, -0.15) is 0 Å². The molecule has 28 heavy (non-hydrogen) atoms. The molecule has 3 aromatic rings. The Kier molecular flexibility index (Phi) is 5.70. The van der Waals surface area contributed by atoms with Gasteiger partial charge < -0.3 is 10.2 Å². The molecule has 2 heteroatoms.